The minimum absolute atomic E-state index is 0.0161. The summed E-state index contributed by atoms with van der Waals surface area (Å²) in [5, 5.41) is 7.84. The van der Waals surface area contributed by atoms with Crippen LogP contribution in [0.1, 0.15) is 28.8 Å². The number of carbonyl (C=O) groups excluding carboxylic acids is 1. The van der Waals surface area contributed by atoms with Gasteiger partial charge in [-0.1, -0.05) is 47.1 Å². The fourth-order valence-electron chi connectivity index (χ4n) is 3.39. The maximum absolute atomic E-state index is 12.5. The molecule has 1 aromatic heterocycles. The van der Waals surface area contributed by atoms with Gasteiger partial charge in [0.2, 0.25) is 5.82 Å². The second kappa shape index (κ2) is 8.02. The Labute approximate surface area is 168 Å². The highest BCUT2D eigenvalue weighted by molar-refractivity contribution is 6.30. The Hall–Kier alpha value is -2.86. The first kappa shape index (κ1) is 18.5. The normalized spacial score (nSPS) is 14.9. The van der Waals surface area contributed by atoms with E-state index >= 15 is 0 Å². The summed E-state index contributed by atoms with van der Waals surface area (Å²) in [6, 6.07) is 15.6. The highest BCUT2D eigenvalue weighted by Crippen LogP contribution is 2.24. The maximum Gasteiger partial charge on any atom is 0.324 e. The van der Waals surface area contributed by atoms with Crippen molar-refractivity contribution in [3.63, 3.8) is 0 Å². The van der Waals surface area contributed by atoms with E-state index in [-0.39, 0.29) is 11.9 Å². The zero-order valence-electron chi connectivity index (χ0n) is 15.6. The lowest BCUT2D eigenvalue weighted by atomic mass is 10.0. The van der Waals surface area contributed by atoms with Crippen molar-refractivity contribution in [1.29, 1.82) is 0 Å². The molecule has 2 aromatic carbocycles. The van der Waals surface area contributed by atoms with E-state index in [1.165, 1.54) is 0 Å². The van der Waals surface area contributed by atoms with Gasteiger partial charge in [0.05, 0.1) is 0 Å². The average molecular weight is 397 g/mol. The van der Waals surface area contributed by atoms with Gasteiger partial charge in [-0.05, 0) is 43.5 Å². The third-order valence-corrected chi connectivity index (χ3v) is 5.22. The van der Waals surface area contributed by atoms with E-state index in [1.807, 2.05) is 55.5 Å². The van der Waals surface area contributed by atoms with E-state index in [0.29, 0.717) is 16.9 Å². The number of hydrogen-bond donors (Lipinski definition) is 1. The monoisotopic (exact) mass is 396 g/mol. The molecule has 3 aromatic rings. The SMILES string of the molecule is Cc1ccccc1C(=O)NC1CCN(c2nc(-c3cccc(Cl)c3)no2)CC1. The predicted molar refractivity (Wildman–Crippen MR) is 109 cm³/mol. The molecule has 1 aliphatic heterocycles. The summed E-state index contributed by atoms with van der Waals surface area (Å²) in [4.78, 5) is 19.0. The molecule has 7 heteroatoms. The third kappa shape index (κ3) is 4.02. The molecule has 0 saturated carbocycles. The number of anilines is 1. The highest BCUT2D eigenvalue weighted by Gasteiger charge is 2.25. The van der Waals surface area contributed by atoms with E-state index in [9.17, 15) is 4.79 Å². The van der Waals surface area contributed by atoms with Crippen LogP contribution in [0.3, 0.4) is 0 Å². The molecule has 0 spiro atoms. The van der Waals surface area contributed by atoms with E-state index in [0.717, 1.165) is 42.6 Å². The molecular formula is C21H21ClN4O2. The molecule has 4 rings (SSSR count). The fraction of sp³-hybridized carbons (Fsp3) is 0.286. The number of nitrogens with one attached hydrogen (secondary N) is 1. The van der Waals surface area contributed by atoms with E-state index in [4.69, 9.17) is 16.1 Å². The van der Waals surface area contributed by atoms with Gasteiger partial charge in [0.1, 0.15) is 0 Å². The van der Waals surface area contributed by atoms with Crippen LogP contribution in [0.4, 0.5) is 6.01 Å². The number of hydrogen-bond acceptors (Lipinski definition) is 5. The van der Waals surface area contributed by atoms with Gasteiger partial charge in [-0.15, -0.1) is 0 Å². The van der Waals surface area contributed by atoms with Crippen LogP contribution < -0.4 is 10.2 Å². The van der Waals surface area contributed by atoms with Crippen LogP contribution in [0.2, 0.25) is 5.02 Å². The quantitative estimate of drug-likeness (QED) is 0.718. The minimum Gasteiger partial charge on any atom is -0.349 e. The Morgan fingerprint density at radius 1 is 1.18 bits per heavy atom. The molecule has 1 saturated heterocycles. The Morgan fingerprint density at radius 2 is 1.96 bits per heavy atom. The summed E-state index contributed by atoms with van der Waals surface area (Å²) in [6.07, 6.45) is 1.65. The summed E-state index contributed by atoms with van der Waals surface area (Å²) in [7, 11) is 0. The Morgan fingerprint density at radius 3 is 2.71 bits per heavy atom. The second-order valence-electron chi connectivity index (χ2n) is 6.96. The van der Waals surface area contributed by atoms with Gasteiger partial charge < -0.3 is 14.7 Å². The molecule has 144 valence electrons. The van der Waals surface area contributed by atoms with Crippen LogP contribution in [0.15, 0.2) is 53.1 Å². The van der Waals surface area contributed by atoms with E-state index in [1.54, 1.807) is 0 Å². The van der Waals surface area contributed by atoms with Crippen molar-refractivity contribution in [3.8, 4) is 11.4 Å². The Bertz CT molecular complexity index is 980. The number of nitrogens with zero attached hydrogens (tertiary/aromatic N) is 3. The molecule has 2 heterocycles. The average Bonchev–Trinajstić information content (AvgIpc) is 3.19. The Balaban J connectivity index is 1.36. The first-order chi connectivity index (χ1) is 13.6. The minimum atomic E-state index is -0.0161. The number of amides is 1. The molecule has 6 nitrogen and oxygen atoms in total. The summed E-state index contributed by atoms with van der Waals surface area (Å²) in [5.41, 5.74) is 2.53. The first-order valence-electron chi connectivity index (χ1n) is 9.31. The van der Waals surface area contributed by atoms with Crippen molar-refractivity contribution < 1.29 is 9.32 Å². The molecule has 0 radical (unpaired) electrons. The fourth-order valence-corrected chi connectivity index (χ4v) is 3.58. The Kier molecular flexibility index (Phi) is 5.30. The van der Waals surface area contributed by atoms with Crippen molar-refractivity contribution in [3.05, 3.63) is 64.7 Å². The van der Waals surface area contributed by atoms with Crippen LogP contribution in [0.5, 0.6) is 0 Å². The lowest BCUT2D eigenvalue weighted by Crippen LogP contribution is -2.45. The lowest BCUT2D eigenvalue weighted by Gasteiger charge is -2.31. The zero-order valence-corrected chi connectivity index (χ0v) is 16.3. The van der Waals surface area contributed by atoms with Crippen LogP contribution in [-0.4, -0.2) is 35.2 Å². The van der Waals surface area contributed by atoms with Gasteiger partial charge in [-0.3, -0.25) is 4.79 Å². The molecule has 1 aliphatic rings. The molecule has 1 N–H and O–H groups in total. The number of carbonyl (C=O) groups is 1. The molecular weight excluding hydrogens is 376 g/mol. The van der Waals surface area contributed by atoms with Crippen molar-refractivity contribution in [1.82, 2.24) is 15.5 Å². The molecule has 0 bridgehead atoms. The number of aryl methyl sites for hydroxylation is 1. The van der Waals surface area contributed by atoms with E-state index in [2.05, 4.69) is 20.4 Å². The topological polar surface area (TPSA) is 71.3 Å². The number of benzene rings is 2. The smallest absolute Gasteiger partial charge is 0.324 e. The van der Waals surface area contributed by atoms with Gasteiger partial charge in [0.15, 0.2) is 0 Å². The molecule has 1 amide bonds. The van der Waals surface area contributed by atoms with Crippen LogP contribution in [0.25, 0.3) is 11.4 Å². The summed E-state index contributed by atoms with van der Waals surface area (Å²) < 4.78 is 5.43. The highest BCUT2D eigenvalue weighted by atomic mass is 35.5. The number of piperidine rings is 1. The molecule has 0 unspecified atom stereocenters. The van der Waals surface area contributed by atoms with Crippen LogP contribution in [0, 0.1) is 6.92 Å². The predicted octanol–water partition coefficient (Wildman–Crippen LogP) is 4.10. The van der Waals surface area contributed by atoms with Crippen LogP contribution in [-0.2, 0) is 0 Å². The van der Waals surface area contributed by atoms with Gasteiger partial charge in [-0.2, -0.15) is 4.98 Å². The molecule has 1 fully saturated rings. The number of aromatic nitrogens is 2. The van der Waals surface area contributed by atoms with Gasteiger partial charge in [-0.25, -0.2) is 0 Å². The summed E-state index contributed by atoms with van der Waals surface area (Å²) in [6.45, 7) is 3.44. The van der Waals surface area contributed by atoms with Crippen molar-refractivity contribution in [2.75, 3.05) is 18.0 Å². The van der Waals surface area contributed by atoms with Crippen molar-refractivity contribution in [2.24, 2.45) is 0 Å². The zero-order chi connectivity index (χ0) is 19.5. The van der Waals surface area contributed by atoms with Crippen molar-refractivity contribution in [2.45, 2.75) is 25.8 Å². The maximum atomic E-state index is 12.5. The molecule has 28 heavy (non-hydrogen) atoms. The molecule has 0 aliphatic carbocycles. The lowest BCUT2D eigenvalue weighted by molar-refractivity contribution is 0.0930. The third-order valence-electron chi connectivity index (χ3n) is 4.99. The van der Waals surface area contributed by atoms with Gasteiger partial charge in [0, 0.05) is 35.3 Å². The van der Waals surface area contributed by atoms with Gasteiger partial charge in [0.25, 0.3) is 5.91 Å². The summed E-state index contributed by atoms with van der Waals surface area (Å²) in [5.74, 6) is 0.505. The molecule has 0 atom stereocenters. The van der Waals surface area contributed by atoms with Crippen molar-refractivity contribution >= 4 is 23.5 Å². The summed E-state index contributed by atoms with van der Waals surface area (Å²) >= 11 is 6.03. The van der Waals surface area contributed by atoms with Gasteiger partial charge >= 0.3 is 6.01 Å². The first-order valence-corrected chi connectivity index (χ1v) is 9.69. The van der Waals surface area contributed by atoms with E-state index < -0.39 is 0 Å². The van der Waals surface area contributed by atoms with Crippen LogP contribution >= 0.6 is 11.6 Å². The second-order valence-corrected chi connectivity index (χ2v) is 7.40. The number of halogens is 1. The standard InChI is InChI=1S/C21H21ClN4O2/c1-14-5-2-3-8-18(14)20(27)23-17-9-11-26(12-10-17)21-24-19(25-28-21)15-6-4-7-16(22)13-15/h2-8,13,17H,9-12H2,1H3,(H,23,27). The largest absolute Gasteiger partial charge is 0.349 e. The number of rotatable bonds is 4.